The van der Waals surface area contributed by atoms with Gasteiger partial charge in [-0.1, -0.05) is 13.8 Å². The van der Waals surface area contributed by atoms with E-state index in [1.807, 2.05) is 4.90 Å². The minimum atomic E-state index is -0.0334. The number of carbonyl (C=O) groups is 1. The Balaban J connectivity index is 2.71. The number of hydrogen-bond acceptors (Lipinski definition) is 2. The zero-order valence-electron chi connectivity index (χ0n) is 14.2. The maximum atomic E-state index is 12.4. The van der Waals surface area contributed by atoms with Gasteiger partial charge >= 0.3 is 0 Å². The summed E-state index contributed by atoms with van der Waals surface area (Å²) in [6.45, 7) is 15.4. The summed E-state index contributed by atoms with van der Waals surface area (Å²) in [4.78, 5) is 14.4. The van der Waals surface area contributed by atoms with Crippen LogP contribution in [0.1, 0.15) is 60.8 Å². The Morgan fingerprint density at radius 1 is 1.30 bits per heavy atom. The Bertz CT molecular complexity index is 308. The molecule has 0 spiro atoms. The molecule has 3 heteroatoms. The molecule has 1 aliphatic rings. The Kier molecular flexibility index (Phi) is 6.50. The molecule has 1 amide bonds. The third-order valence-electron chi connectivity index (χ3n) is 4.72. The molecule has 20 heavy (non-hydrogen) atoms. The van der Waals surface area contributed by atoms with Crippen molar-refractivity contribution in [3.63, 3.8) is 0 Å². The lowest BCUT2D eigenvalue weighted by Gasteiger charge is -2.41. The third kappa shape index (κ3) is 4.76. The first-order chi connectivity index (χ1) is 9.30. The molecule has 2 unspecified atom stereocenters. The first-order valence-electron chi connectivity index (χ1n) is 8.22. The summed E-state index contributed by atoms with van der Waals surface area (Å²) >= 11 is 0. The monoisotopic (exact) mass is 283 g/mol. The summed E-state index contributed by atoms with van der Waals surface area (Å²) in [5.41, 5.74) is -0.0334. The maximum absolute atomic E-state index is 12.4. The Morgan fingerprint density at radius 2 is 1.90 bits per heavy atom. The van der Waals surface area contributed by atoms with E-state index >= 15 is 0 Å². The highest BCUT2D eigenvalue weighted by molar-refractivity contribution is 5.76. The number of nitrogens with zero attached hydrogens (tertiary/aromatic N) is 1. The van der Waals surface area contributed by atoms with Crippen LogP contribution in [0.2, 0.25) is 0 Å². The highest BCUT2D eigenvalue weighted by Gasteiger charge is 2.35. The topological polar surface area (TPSA) is 29.5 Å². The predicted octanol–water partition coefficient (Wildman–Crippen LogP) is 3.72. The summed E-state index contributed by atoms with van der Waals surface area (Å²) in [5, 5.41) is 0. The zero-order valence-corrected chi connectivity index (χ0v) is 14.2. The van der Waals surface area contributed by atoms with Crippen molar-refractivity contribution in [1.82, 2.24) is 4.90 Å². The van der Waals surface area contributed by atoms with E-state index in [4.69, 9.17) is 4.74 Å². The second-order valence-corrected chi connectivity index (χ2v) is 7.04. The zero-order chi connectivity index (χ0) is 15.3. The van der Waals surface area contributed by atoms with Crippen LogP contribution in [-0.4, -0.2) is 36.1 Å². The largest absolute Gasteiger partial charge is 0.376 e. The molecule has 0 aromatic rings. The van der Waals surface area contributed by atoms with Gasteiger partial charge in [0.05, 0.1) is 5.60 Å². The molecule has 0 N–H and O–H groups in total. The van der Waals surface area contributed by atoms with Crippen molar-refractivity contribution in [3.8, 4) is 0 Å². The summed E-state index contributed by atoms with van der Waals surface area (Å²) < 4.78 is 5.82. The van der Waals surface area contributed by atoms with E-state index in [9.17, 15) is 4.79 Å². The fourth-order valence-corrected chi connectivity index (χ4v) is 3.50. The predicted molar refractivity (Wildman–Crippen MR) is 83.6 cm³/mol. The fraction of sp³-hybridized carbons (Fsp3) is 0.941. The van der Waals surface area contributed by atoms with Gasteiger partial charge in [0.1, 0.15) is 0 Å². The van der Waals surface area contributed by atoms with Crippen molar-refractivity contribution in [2.45, 2.75) is 66.4 Å². The number of amides is 1. The normalized spacial score (nSPS) is 23.6. The molecule has 0 aromatic heterocycles. The summed E-state index contributed by atoms with van der Waals surface area (Å²) in [5.74, 6) is 1.95. The van der Waals surface area contributed by atoms with Crippen LogP contribution in [0.4, 0.5) is 0 Å². The van der Waals surface area contributed by atoms with Crippen molar-refractivity contribution in [2.75, 3.05) is 19.7 Å². The minimum absolute atomic E-state index is 0.0334. The molecule has 0 aromatic carbocycles. The number of carbonyl (C=O) groups excluding carboxylic acids is 1. The van der Waals surface area contributed by atoms with Gasteiger partial charge < -0.3 is 9.64 Å². The van der Waals surface area contributed by atoms with E-state index in [1.54, 1.807) is 0 Å². The van der Waals surface area contributed by atoms with E-state index < -0.39 is 0 Å². The van der Waals surface area contributed by atoms with Gasteiger partial charge in [0.2, 0.25) is 5.91 Å². The highest BCUT2D eigenvalue weighted by atomic mass is 16.5. The lowest BCUT2D eigenvalue weighted by Crippen LogP contribution is -2.40. The van der Waals surface area contributed by atoms with E-state index in [2.05, 4.69) is 41.5 Å². The van der Waals surface area contributed by atoms with Crippen LogP contribution in [0.5, 0.6) is 0 Å². The van der Waals surface area contributed by atoms with Crippen LogP contribution in [0.15, 0.2) is 0 Å². The van der Waals surface area contributed by atoms with Gasteiger partial charge in [0.25, 0.3) is 0 Å². The number of ether oxygens (including phenoxy) is 1. The molecule has 0 aliphatic carbocycles. The minimum Gasteiger partial charge on any atom is -0.376 e. The molecule has 1 heterocycles. The van der Waals surface area contributed by atoms with Crippen LogP contribution in [0, 0.1) is 17.8 Å². The smallest absolute Gasteiger partial charge is 0.222 e. The first-order valence-corrected chi connectivity index (χ1v) is 8.22. The molecule has 1 aliphatic heterocycles. The van der Waals surface area contributed by atoms with Crippen LogP contribution in [0.25, 0.3) is 0 Å². The average molecular weight is 283 g/mol. The second kappa shape index (κ2) is 7.44. The Hall–Kier alpha value is -0.570. The molecule has 0 radical (unpaired) electrons. The number of rotatable bonds is 6. The first kappa shape index (κ1) is 17.5. The lowest BCUT2D eigenvalue weighted by molar-refractivity contribution is -0.134. The molecule has 1 rings (SSSR count). The molecular weight excluding hydrogens is 250 g/mol. The quantitative estimate of drug-likeness (QED) is 0.743. The maximum Gasteiger partial charge on any atom is 0.222 e. The summed E-state index contributed by atoms with van der Waals surface area (Å²) in [6.07, 6.45) is 2.86. The van der Waals surface area contributed by atoms with Gasteiger partial charge in [-0.15, -0.1) is 0 Å². The van der Waals surface area contributed by atoms with Crippen LogP contribution < -0.4 is 0 Å². The highest BCUT2D eigenvalue weighted by Crippen LogP contribution is 2.38. The Labute approximate surface area is 125 Å². The number of hydrogen-bond donors (Lipinski definition) is 0. The van der Waals surface area contributed by atoms with Crippen molar-refractivity contribution in [1.29, 1.82) is 0 Å². The average Bonchev–Trinajstić information content (AvgIpc) is 2.35. The second-order valence-electron chi connectivity index (χ2n) is 7.04. The van der Waals surface area contributed by atoms with Crippen LogP contribution >= 0.6 is 0 Å². The lowest BCUT2D eigenvalue weighted by atomic mass is 9.73. The van der Waals surface area contributed by atoms with E-state index in [1.165, 1.54) is 0 Å². The third-order valence-corrected chi connectivity index (χ3v) is 4.72. The van der Waals surface area contributed by atoms with Crippen molar-refractivity contribution in [3.05, 3.63) is 0 Å². The van der Waals surface area contributed by atoms with Crippen molar-refractivity contribution < 1.29 is 9.53 Å². The molecule has 1 fully saturated rings. The molecular formula is C17H33NO2. The Morgan fingerprint density at radius 3 is 2.35 bits per heavy atom. The standard InChI is InChI=1S/C17H33NO2/c1-7-18(8-2)16(19)11-15(13(3)4)14-9-10-20-17(5,6)12-14/h13-15H,7-12H2,1-6H3. The molecule has 2 atom stereocenters. The van der Waals surface area contributed by atoms with Crippen molar-refractivity contribution >= 4 is 5.91 Å². The molecule has 118 valence electrons. The summed E-state index contributed by atoms with van der Waals surface area (Å²) in [6, 6.07) is 0. The van der Waals surface area contributed by atoms with Crippen molar-refractivity contribution in [2.24, 2.45) is 17.8 Å². The van der Waals surface area contributed by atoms with Gasteiger partial charge in [-0.25, -0.2) is 0 Å². The van der Waals surface area contributed by atoms with Crippen LogP contribution in [-0.2, 0) is 9.53 Å². The van der Waals surface area contributed by atoms with E-state index in [-0.39, 0.29) is 5.60 Å². The van der Waals surface area contributed by atoms with E-state index in [0.717, 1.165) is 32.5 Å². The molecule has 0 saturated carbocycles. The SMILES string of the molecule is CCN(CC)C(=O)CC(C(C)C)C1CCOC(C)(C)C1. The molecule has 3 nitrogen and oxygen atoms in total. The fourth-order valence-electron chi connectivity index (χ4n) is 3.50. The van der Waals surface area contributed by atoms with Gasteiger partial charge in [-0.3, -0.25) is 4.79 Å². The molecule has 0 bridgehead atoms. The van der Waals surface area contributed by atoms with Gasteiger partial charge in [-0.05, 0) is 58.3 Å². The van der Waals surface area contributed by atoms with Gasteiger partial charge in [0, 0.05) is 26.1 Å². The van der Waals surface area contributed by atoms with Crippen LogP contribution in [0.3, 0.4) is 0 Å². The van der Waals surface area contributed by atoms with E-state index in [0.29, 0.717) is 30.1 Å². The summed E-state index contributed by atoms with van der Waals surface area (Å²) in [7, 11) is 0. The molecule has 1 saturated heterocycles. The van der Waals surface area contributed by atoms with Gasteiger partial charge in [0.15, 0.2) is 0 Å². The van der Waals surface area contributed by atoms with Gasteiger partial charge in [-0.2, -0.15) is 0 Å².